The van der Waals surface area contributed by atoms with Gasteiger partial charge >= 0.3 is 0 Å². The van der Waals surface area contributed by atoms with Gasteiger partial charge in [0.1, 0.15) is 12.4 Å². The monoisotopic (exact) mass is 268 g/mol. The van der Waals surface area contributed by atoms with E-state index in [1.165, 1.54) is 0 Å². The van der Waals surface area contributed by atoms with Crippen molar-refractivity contribution in [2.24, 2.45) is 0 Å². The summed E-state index contributed by atoms with van der Waals surface area (Å²) < 4.78 is 5.62. The van der Waals surface area contributed by atoms with Crippen LogP contribution in [0.5, 0.6) is 5.75 Å². The van der Waals surface area contributed by atoms with E-state index < -0.39 is 0 Å². The zero-order valence-electron chi connectivity index (χ0n) is 9.44. The molecule has 0 aliphatic heterocycles. The molecule has 17 heavy (non-hydrogen) atoms. The summed E-state index contributed by atoms with van der Waals surface area (Å²) in [5.74, 6) is 0.701. The summed E-state index contributed by atoms with van der Waals surface area (Å²) in [6, 6.07) is 7.45. The number of hydrogen-bond acceptors (Lipinski definition) is 4. The Balaban J connectivity index is 1.95. The van der Waals surface area contributed by atoms with Crippen LogP contribution in [0.2, 0.25) is 5.02 Å². The summed E-state index contributed by atoms with van der Waals surface area (Å²) in [5.41, 5.74) is 0. The summed E-state index contributed by atoms with van der Waals surface area (Å²) in [6.45, 7) is 3.41. The number of benzene rings is 1. The van der Waals surface area contributed by atoms with Gasteiger partial charge in [0.25, 0.3) is 0 Å². The third-order valence-electron chi connectivity index (χ3n) is 2.09. The van der Waals surface area contributed by atoms with Gasteiger partial charge < -0.3 is 10.1 Å². The van der Waals surface area contributed by atoms with Crippen LogP contribution in [0.1, 0.15) is 11.8 Å². The van der Waals surface area contributed by atoms with E-state index >= 15 is 0 Å². The molecule has 0 radical (unpaired) electrons. The van der Waals surface area contributed by atoms with Gasteiger partial charge in [-0.05, 0) is 19.1 Å². The number of ether oxygens (including phenoxy) is 1. The highest BCUT2D eigenvalue weighted by Crippen LogP contribution is 2.25. The van der Waals surface area contributed by atoms with Crippen LogP contribution in [0.4, 0.5) is 5.13 Å². The highest BCUT2D eigenvalue weighted by molar-refractivity contribution is 7.15. The number of aromatic nitrogens is 1. The first kappa shape index (κ1) is 12.2. The first-order valence-electron chi connectivity index (χ1n) is 5.35. The molecule has 2 aromatic rings. The molecule has 0 bridgehead atoms. The van der Waals surface area contributed by atoms with E-state index in [1.807, 2.05) is 37.4 Å². The number of thiazole rings is 1. The molecule has 0 saturated carbocycles. The van der Waals surface area contributed by atoms with Crippen molar-refractivity contribution < 1.29 is 4.74 Å². The van der Waals surface area contributed by atoms with Gasteiger partial charge in [0, 0.05) is 12.7 Å². The van der Waals surface area contributed by atoms with E-state index in [2.05, 4.69) is 10.3 Å². The van der Waals surface area contributed by atoms with Gasteiger partial charge in [0.05, 0.1) is 9.90 Å². The van der Waals surface area contributed by atoms with Crippen molar-refractivity contribution in [1.82, 2.24) is 4.98 Å². The Bertz CT molecular complexity index is 487. The van der Waals surface area contributed by atoms with Crippen molar-refractivity contribution in [2.45, 2.75) is 13.5 Å². The molecule has 0 saturated heterocycles. The van der Waals surface area contributed by atoms with Gasteiger partial charge in [-0.2, -0.15) is 0 Å². The fourth-order valence-electron chi connectivity index (χ4n) is 1.32. The summed E-state index contributed by atoms with van der Waals surface area (Å²) >= 11 is 7.59. The fourth-order valence-corrected chi connectivity index (χ4v) is 2.30. The van der Waals surface area contributed by atoms with Crippen molar-refractivity contribution in [1.29, 1.82) is 0 Å². The molecule has 5 heteroatoms. The van der Waals surface area contributed by atoms with Gasteiger partial charge in [-0.1, -0.05) is 35.1 Å². The van der Waals surface area contributed by atoms with Crippen molar-refractivity contribution in [3.05, 3.63) is 40.4 Å². The number of nitrogens with one attached hydrogen (secondary N) is 1. The Kier molecular flexibility index (Phi) is 4.23. The lowest BCUT2D eigenvalue weighted by atomic mass is 10.3. The summed E-state index contributed by atoms with van der Waals surface area (Å²) in [6.07, 6.45) is 1.82. The first-order valence-corrected chi connectivity index (χ1v) is 6.55. The van der Waals surface area contributed by atoms with Crippen LogP contribution >= 0.6 is 22.9 Å². The second-order valence-corrected chi connectivity index (χ2v) is 4.90. The smallest absolute Gasteiger partial charge is 0.182 e. The van der Waals surface area contributed by atoms with Crippen LogP contribution in [0, 0.1) is 0 Å². The van der Waals surface area contributed by atoms with Gasteiger partial charge in [0.2, 0.25) is 0 Å². The highest BCUT2D eigenvalue weighted by Gasteiger charge is 2.04. The van der Waals surface area contributed by atoms with E-state index in [9.17, 15) is 0 Å². The van der Waals surface area contributed by atoms with E-state index in [4.69, 9.17) is 16.3 Å². The predicted molar refractivity (Wildman–Crippen MR) is 72.1 cm³/mol. The zero-order chi connectivity index (χ0) is 12.1. The molecule has 0 aliphatic carbocycles. The molecule has 0 fully saturated rings. The van der Waals surface area contributed by atoms with Gasteiger partial charge in [-0.3, -0.25) is 0 Å². The molecule has 0 amide bonds. The van der Waals surface area contributed by atoms with Crippen LogP contribution in [0.3, 0.4) is 0 Å². The van der Waals surface area contributed by atoms with Gasteiger partial charge in [0.15, 0.2) is 5.13 Å². The minimum atomic E-state index is 0.493. The Morgan fingerprint density at radius 2 is 2.24 bits per heavy atom. The predicted octanol–water partition coefficient (Wildman–Crippen LogP) is 3.81. The van der Waals surface area contributed by atoms with Crippen LogP contribution in [0.25, 0.3) is 0 Å². The molecule has 0 atom stereocenters. The van der Waals surface area contributed by atoms with E-state index in [0.29, 0.717) is 17.4 Å². The Hall–Kier alpha value is -1.26. The van der Waals surface area contributed by atoms with Gasteiger partial charge in [-0.15, -0.1) is 0 Å². The minimum Gasteiger partial charge on any atom is -0.486 e. The maximum absolute atomic E-state index is 6.00. The number of hydrogen-bond donors (Lipinski definition) is 1. The average molecular weight is 269 g/mol. The van der Waals surface area contributed by atoms with Crippen molar-refractivity contribution in [3.63, 3.8) is 0 Å². The van der Waals surface area contributed by atoms with Crippen LogP contribution in [-0.4, -0.2) is 11.5 Å². The van der Waals surface area contributed by atoms with E-state index in [-0.39, 0.29) is 0 Å². The number of rotatable bonds is 5. The summed E-state index contributed by atoms with van der Waals surface area (Å²) in [5, 5.41) is 4.71. The topological polar surface area (TPSA) is 34.2 Å². The van der Waals surface area contributed by atoms with Gasteiger partial charge in [-0.25, -0.2) is 4.98 Å². The highest BCUT2D eigenvalue weighted by atomic mass is 35.5. The average Bonchev–Trinajstić information content (AvgIpc) is 2.76. The third-order valence-corrected chi connectivity index (χ3v) is 3.33. The lowest BCUT2D eigenvalue weighted by Gasteiger charge is -2.05. The summed E-state index contributed by atoms with van der Waals surface area (Å²) in [7, 11) is 0. The van der Waals surface area contributed by atoms with Crippen molar-refractivity contribution in [2.75, 3.05) is 11.9 Å². The lowest BCUT2D eigenvalue weighted by molar-refractivity contribution is 0.310. The standard InChI is InChI=1S/C12H13ClN2OS/c1-2-14-12-15-7-9(17-12)8-16-11-6-4-3-5-10(11)13/h3-7H,2,8H2,1H3,(H,14,15). The Morgan fingerprint density at radius 3 is 3.00 bits per heavy atom. The largest absolute Gasteiger partial charge is 0.486 e. The number of nitrogens with zero attached hydrogens (tertiary/aromatic N) is 1. The molecule has 0 aliphatic rings. The minimum absolute atomic E-state index is 0.493. The lowest BCUT2D eigenvalue weighted by Crippen LogP contribution is -1.94. The second-order valence-electron chi connectivity index (χ2n) is 3.38. The molecule has 1 aromatic heterocycles. The van der Waals surface area contributed by atoms with E-state index in [1.54, 1.807) is 11.3 Å². The van der Waals surface area contributed by atoms with Crippen LogP contribution < -0.4 is 10.1 Å². The number of halogens is 1. The third kappa shape index (κ3) is 3.35. The molecule has 1 heterocycles. The van der Waals surface area contributed by atoms with Crippen LogP contribution in [-0.2, 0) is 6.61 Å². The molecule has 0 spiro atoms. The maximum atomic E-state index is 6.00. The maximum Gasteiger partial charge on any atom is 0.182 e. The van der Waals surface area contributed by atoms with Crippen molar-refractivity contribution >= 4 is 28.1 Å². The van der Waals surface area contributed by atoms with Crippen LogP contribution in [0.15, 0.2) is 30.5 Å². The number of para-hydroxylation sites is 1. The molecule has 1 N–H and O–H groups in total. The molecular formula is C12H13ClN2OS. The second kappa shape index (κ2) is 5.89. The molecule has 1 aromatic carbocycles. The SMILES string of the molecule is CCNc1ncc(COc2ccccc2Cl)s1. The molecule has 90 valence electrons. The number of anilines is 1. The zero-order valence-corrected chi connectivity index (χ0v) is 11.0. The normalized spacial score (nSPS) is 10.2. The Morgan fingerprint density at radius 1 is 1.41 bits per heavy atom. The quantitative estimate of drug-likeness (QED) is 0.895. The summed E-state index contributed by atoms with van der Waals surface area (Å²) in [4.78, 5) is 5.31. The molecular weight excluding hydrogens is 256 g/mol. The molecule has 0 unspecified atom stereocenters. The fraction of sp³-hybridized carbons (Fsp3) is 0.250. The van der Waals surface area contributed by atoms with Crippen molar-refractivity contribution in [3.8, 4) is 5.75 Å². The Labute approximate surface area is 109 Å². The first-order chi connectivity index (χ1) is 8.29. The van der Waals surface area contributed by atoms with E-state index in [0.717, 1.165) is 16.6 Å². The molecule has 3 nitrogen and oxygen atoms in total. The molecule has 2 rings (SSSR count).